The van der Waals surface area contributed by atoms with Crippen LogP contribution in [0.5, 0.6) is 0 Å². The average Bonchev–Trinajstić information content (AvgIpc) is 1.36. The van der Waals surface area contributed by atoms with E-state index in [1.54, 1.807) is 0 Å². The first kappa shape index (κ1) is 15.6. The van der Waals surface area contributed by atoms with Gasteiger partial charge >= 0.3 is 11.9 Å². The maximum absolute atomic E-state index is 9.10. The minimum atomic E-state index is -1.82. The molecule has 0 aromatic carbocycles. The van der Waals surface area contributed by atoms with Gasteiger partial charge in [-0.3, -0.25) is 0 Å². The molecule has 0 aliphatic carbocycles. The van der Waals surface area contributed by atoms with Crippen molar-refractivity contribution in [2.45, 2.75) is 0 Å². The van der Waals surface area contributed by atoms with Crippen molar-refractivity contribution in [3.05, 3.63) is 6.15 Å². The van der Waals surface area contributed by atoms with Gasteiger partial charge in [-0.2, -0.15) is 0 Å². The first-order chi connectivity index (χ1) is 2.64. The molecule has 8 heavy (non-hydrogen) atoms. The van der Waals surface area contributed by atoms with Crippen LogP contribution < -0.4 is 0 Å². The SMILES string of the molecule is O=C(O)C(=O)O.[NH2-].[Ti]. The molecule has 0 saturated carbocycles. The minimum Gasteiger partial charge on any atom is -0.693 e. The van der Waals surface area contributed by atoms with Gasteiger partial charge in [0.1, 0.15) is 0 Å². The molecule has 0 atom stereocenters. The number of carboxylic acid groups (broad SMARTS) is 2. The topological polar surface area (TPSA) is 108 Å². The van der Waals surface area contributed by atoms with Crippen LogP contribution in [0.15, 0.2) is 0 Å². The van der Waals surface area contributed by atoms with Crippen LogP contribution in [0.2, 0.25) is 0 Å². The molecule has 6 heteroatoms. The summed E-state index contributed by atoms with van der Waals surface area (Å²) in [6, 6.07) is 0. The molecule has 0 radical (unpaired) electrons. The third-order valence-electron chi connectivity index (χ3n) is 0.183. The third-order valence-corrected chi connectivity index (χ3v) is 0.183. The number of hydrogen-bond donors (Lipinski definition) is 2. The van der Waals surface area contributed by atoms with Crippen molar-refractivity contribution in [1.82, 2.24) is 0 Å². The summed E-state index contributed by atoms with van der Waals surface area (Å²) in [5, 5.41) is 14.8. The summed E-state index contributed by atoms with van der Waals surface area (Å²) in [4.78, 5) is 18.2. The Kier molecular flexibility index (Phi) is 12.9. The van der Waals surface area contributed by atoms with Gasteiger partial charge in [-0.1, -0.05) is 0 Å². The Morgan fingerprint density at radius 3 is 1.12 bits per heavy atom. The molecular weight excluding hydrogens is 150 g/mol. The van der Waals surface area contributed by atoms with Crippen molar-refractivity contribution in [3.8, 4) is 0 Å². The van der Waals surface area contributed by atoms with Crippen molar-refractivity contribution in [1.29, 1.82) is 0 Å². The maximum atomic E-state index is 9.10. The van der Waals surface area contributed by atoms with Gasteiger partial charge in [0.15, 0.2) is 0 Å². The molecule has 0 aliphatic rings. The number of hydrogen-bond acceptors (Lipinski definition) is 2. The Labute approximate surface area is 60.2 Å². The molecule has 0 aliphatic heterocycles. The Morgan fingerprint density at radius 1 is 1.00 bits per heavy atom. The van der Waals surface area contributed by atoms with Gasteiger partial charge in [-0.15, -0.1) is 0 Å². The van der Waals surface area contributed by atoms with Crippen LogP contribution in [0, 0.1) is 0 Å². The summed E-state index contributed by atoms with van der Waals surface area (Å²) in [5.74, 6) is -3.65. The molecule has 46 valence electrons. The van der Waals surface area contributed by atoms with E-state index in [9.17, 15) is 0 Å². The van der Waals surface area contributed by atoms with Gasteiger partial charge in [-0.05, 0) is 0 Å². The molecule has 4 N–H and O–H groups in total. The number of nitrogens with two attached hydrogens (primary N) is 1. The van der Waals surface area contributed by atoms with E-state index in [2.05, 4.69) is 0 Å². The van der Waals surface area contributed by atoms with Crippen molar-refractivity contribution in [2.75, 3.05) is 0 Å². The fourth-order valence-electron chi connectivity index (χ4n) is 0. The van der Waals surface area contributed by atoms with E-state index in [-0.39, 0.29) is 27.9 Å². The monoisotopic (exact) mass is 154 g/mol. The first-order valence-electron chi connectivity index (χ1n) is 1.11. The predicted molar refractivity (Wildman–Crippen MR) is 20.6 cm³/mol. The molecule has 0 saturated heterocycles. The fourth-order valence-corrected chi connectivity index (χ4v) is 0. The van der Waals surface area contributed by atoms with Gasteiger partial charge in [0, 0.05) is 21.7 Å². The standard InChI is InChI=1S/C2H2O4.H2N.Ti/c3-1(4)2(5)6;;/h(H,3,4)(H,5,6);1H2;/q;-1;. The van der Waals surface area contributed by atoms with E-state index in [1.807, 2.05) is 0 Å². The number of rotatable bonds is 0. The van der Waals surface area contributed by atoms with E-state index in [0.29, 0.717) is 0 Å². The molecule has 0 aromatic rings. The Morgan fingerprint density at radius 2 is 1.12 bits per heavy atom. The summed E-state index contributed by atoms with van der Waals surface area (Å²) in [5.41, 5.74) is 0. The molecule has 0 unspecified atom stereocenters. The minimum absolute atomic E-state index is 0. The quantitative estimate of drug-likeness (QED) is 0.374. The molecule has 0 bridgehead atoms. The Balaban J connectivity index is -0.000000125. The second-order valence-corrected chi connectivity index (χ2v) is 0.610. The predicted octanol–water partition coefficient (Wildman–Crippen LogP) is -0.130. The molecule has 0 spiro atoms. The Bertz CT molecular complexity index is 80.0. The van der Waals surface area contributed by atoms with Gasteiger partial charge in [0.2, 0.25) is 0 Å². The second kappa shape index (κ2) is 6.61. The van der Waals surface area contributed by atoms with Gasteiger partial charge in [0.25, 0.3) is 0 Å². The van der Waals surface area contributed by atoms with E-state index >= 15 is 0 Å². The summed E-state index contributed by atoms with van der Waals surface area (Å²) in [7, 11) is 0. The van der Waals surface area contributed by atoms with E-state index < -0.39 is 11.9 Å². The average molecular weight is 154 g/mol. The van der Waals surface area contributed by atoms with Gasteiger partial charge in [0.05, 0.1) is 0 Å². The normalized spacial score (nSPS) is 5.50. The summed E-state index contributed by atoms with van der Waals surface area (Å²) >= 11 is 0. The van der Waals surface area contributed by atoms with E-state index in [1.165, 1.54) is 0 Å². The van der Waals surface area contributed by atoms with Gasteiger partial charge < -0.3 is 16.4 Å². The zero-order chi connectivity index (χ0) is 5.15. The number of carbonyl (C=O) groups is 2. The van der Waals surface area contributed by atoms with Crippen LogP contribution in [0.1, 0.15) is 0 Å². The Hall–Kier alpha value is -0.386. The van der Waals surface area contributed by atoms with Gasteiger partial charge in [-0.25, -0.2) is 9.59 Å². The molecule has 5 nitrogen and oxygen atoms in total. The van der Waals surface area contributed by atoms with Crippen LogP contribution in [0.25, 0.3) is 6.15 Å². The van der Waals surface area contributed by atoms with Crippen LogP contribution in [-0.4, -0.2) is 22.2 Å². The van der Waals surface area contributed by atoms with Crippen LogP contribution in [-0.2, 0) is 31.3 Å². The van der Waals surface area contributed by atoms with Crippen molar-refractivity contribution < 1.29 is 41.5 Å². The number of carboxylic acids is 2. The fraction of sp³-hybridized carbons (Fsp3) is 0. The summed E-state index contributed by atoms with van der Waals surface area (Å²) < 4.78 is 0. The van der Waals surface area contributed by atoms with Crippen LogP contribution in [0.4, 0.5) is 0 Å². The number of aliphatic carboxylic acids is 2. The van der Waals surface area contributed by atoms with E-state index in [0.717, 1.165) is 0 Å². The largest absolute Gasteiger partial charge is 0.693 e. The molecule has 0 rings (SSSR count). The third kappa shape index (κ3) is 9.15. The molecule has 0 fully saturated rings. The summed E-state index contributed by atoms with van der Waals surface area (Å²) in [6.07, 6.45) is 0. The van der Waals surface area contributed by atoms with E-state index in [4.69, 9.17) is 19.8 Å². The van der Waals surface area contributed by atoms with Crippen LogP contribution in [0.3, 0.4) is 0 Å². The van der Waals surface area contributed by atoms with Crippen molar-refractivity contribution in [3.63, 3.8) is 0 Å². The molecular formula is C2H4NO4Ti-. The first-order valence-corrected chi connectivity index (χ1v) is 1.11. The molecule has 0 amide bonds. The molecule has 0 aromatic heterocycles. The summed E-state index contributed by atoms with van der Waals surface area (Å²) in [6.45, 7) is 0. The smallest absolute Gasteiger partial charge is 0.414 e. The zero-order valence-electron chi connectivity index (χ0n) is 3.79. The second-order valence-electron chi connectivity index (χ2n) is 0.610. The van der Waals surface area contributed by atoms with Crippen LogP contribution >= 0.6 is 0 Å². The molecule has 0 heterocycles. The zero-order valence-corrected chi connectivity index (χ0v) is 5.35. The van der Waals surface area contributed by atoms with Crippen molar-refractivity contribution >= 4 is 11.9 Å². The van der Waals surface area contributed by atoms with Crippen molar-refractivity contribution in [2.24, 2.45) is 0 Å². The maximum Gasteiger partial charge on any atom is 0.414 e.